The van der Waals surface area contributed by atoms with Gasteiger partial charge in [0.2, 0.25) is 0 Å². The summed E-state index contributed by atoms with van der Waals surface area (Å²) in [5.41, 5.74) is 2.88. The molecule has 4 aromatic rings. The molecular weight excluding hydrogens is 405 g/mol. The molecule has 5 heteroatoms. The van der Waals surface area contributed by atoms with Crippen molar-refractivity contribution in [2.24, 2.45) is 0 Å². The minimum absolute atomic E-state index is 0.0135. The normalized spacial score (nSPS) is 16.1. The third-order valence-corrected chi connectivity index (χ3v) is 6.89. The topological polar surface area (TPSA) is 20.3 Å². The zero-order valence-electron chi connectivity index (χ0n) is 15.4. The molecule has 1 aliphatic heterocycles. The van der Waals surface area contributed by atoms with Gasteiger partial charge in [0, 0.05) is 38.8 Å². The Bertz CT molecular complexity index is 1250. The van der Waals surface area contributed by atoms with Gasteiger partial charge < -0.3 is 4.90 Å². The van der Waals surface area contributed by atoms with Crippen LogP contribution in [0.4, 0.5) is 15.1 Å². The zero-order chi connectivity index (χ0) is 20.0. The highest BCUT2D eigenvalue weighted by atomic mass is 35.5. The Morgan fingerprint density at radius 3 is 2.52 bits per heavy atom. The molecule has 0 radical (unpaired) electrons. The average Bonchev–Trinajstić information content (AvgIpc) is 2.74. The molecule has 0 N–H and O–H groups in total. The van der Waals surface area contributed by atoms with Gasteiger partial charge in [-0.15, -0.1) is 11.3 Å². The first-order valence-corrected chi connectivity index (χ1v) is 10.7. The van der Waals surface area contributed by atoms with Gasteiger partial charge in [0.1, 0.15) is 10.8 Å². The number of hydrogen-bond acceptors (Lipinski definition) is 3. The summed E-state index contributed by atoms with van der Waals surface area (Å²) in [6, 6.07) is 22.2. The third kappa shape index (κ3) is 3.22. The minimum Gasteiger partial charge on any atom is -0.333 e. The highest BCUT2D eigenvalue weighted by Gasteiger charge is 2.31. The Morgan fingerprint density at radius 1 is 1.00 bits per heavy atom. The van der Waals surface area contributed by atoms with Gasteiger partial charge in [-0.2, -0.15) is 0 Å². The summed E-state index contributed by atoms with van der Waals surface area (Å²) in [5, 5.41) is 2.14. The molecule has 5 rings (SSSR count). The van der Waals surface area contributed by atoms with Crippen LogP contribution in [0.25, 0.3) is 10.1 Å². The molecule has 1 atom stereocenters. The SMILES string of the molecule is O=c1c2c(sc3cc(F)ccc13)N(c1ccccc1)CCC2c1ccc(Cl)cc1. The summed E-state index contributed by atoms with van der Waals surface area (Å²) in [7, 11) is 0. The second-order valence-electron chi connectivity index (χ2n) is 7.17. The second kappa shape index (κ2) is 7.29. The van der Waals surface area contributed by atoms with Gasteiger partial charge in [0.15, 0.2) is 5.43 Å². The number of fused-ring (bicyclic) bond motifs is 2. The molecule has 1 unspecified atom stereocenters. The van der Waals surface area contributed by atoms with E-state index in [1.54, 1.807) is 6.07 Å². The van der Waals surface area contributed by atoms with E-state index in [1.807, 2.05) is 54.6 Å². The standard InChI is InChI=1S/C24H17ClFNOS/c25-16-8-6-15(7-9-16)19-12-13-27(18-4-2-1-3-5-18)24-22(19)23(28)20-11-10-17(26)14-21(20)29-24/h1-11,14,19H,12-13H2. The number of hydrogen-bond donors (Lipinski definition) is 0. The largest absolute Gasteiger partial charge is 0.333 e. The van der Waals surface area contributed by atoms with Crippen molar-refractivity contribution in [3.63, 3.8) is 0 Å². The molecule has 0 aliphatic carbocycles. The zero-order valence-corrected chi connectivity index (χ0v) is 17.0. The summed E-state index contributed by atoms with van der Waals surface area (Å²) in [6.07, 6.45) is 0.818. The van der Waals surface area contributed by atoms with E-state index in [2.05, 4.69) is 4.90 Å². The number of rotatable bonds is 2. The Hall–Kier alpha value is -2.69. The number of para-hydroxylation sites is 1. The van der Waals surface area contributed by atoms with Crippen molar-refractivity contribution in [3.8, 4) is 0 Å². The van der Waals surface area contributed by atoms with E-state index in [1.165, 1.54) is 23.5 Å². The Morgan fingerprint density at radius 2 is 1.76 bits per heavy atom. The Balaban J connectivity index is 1.77. The average molecular weight is 422 g/mol. The van der Waals surface area contributed by atoms with Crippen LogP contribution in [0.3, 0.4) is 0 Å². The third-order valence-electron chi connectivity index (χ3n) is 5.45. The van der Waals surface area contributed by atoms with Gasteiger partial charge >= 0.3 is 0 Å². The van der Waals surface area contributed by atoms with Gasteiger partial charge in [-0.3, -0.25) is 4.79 Å². The molecule has 2 nitrogen and oxygen atoms in total. The van der Waals surface area contributed by atoms with E-state index in [0.717, 1.165) is 34.8 Å². The maximum Gasteiger partial charge on any atom is 0.193 e. The smallest absolute Gasteiger partial charge is 0.193 e. The maximum atomic E-state index is 13.9. The van der Waals surface area contributed by atoms with Crippen LogP contribution in [0.1, 0.15) is 23.5 Å². The lowest BCUT2D eigenvalue weighted by molar-refractivity contribution is 0.630. The predicted molar refractivity (Wildman–Crippen MR) is 119 cm³/mol. The molecule has 3 aromatic carbocycles. The Kier molecular flexibility index (Phi) is 4.61. The fraction of sp³-hybridized carbons (Fsp3) is 0.125. The minimum atomic E-state index is -0.329. The molecule has 0 amide bonds. The van der Waals surface area contributed by atoms with Crippen LogP contribution in [0.2, 0.25) is 5.02 Å². The second-order valence-corrected chi connectivity index (χ2v) is 8.64. The van der Waals surface area contributed by atoms with Gasteiger partial charge in [-0.25, -0.2) is 4.39 Å². The maximum absolute atomic E-state index is 13.9. The molecular formula is C24H17ClFNOS. The van der Waals surface area contributed by atoms with Crippen molar-refractivity contribution >= 4 is 43.7 Å². The van der Waals surface area contributed by atoms with E-state index in [9.17, 15) is 9.18 Å². The molecule has 2 heterocycles. The van der Waals surface area contributed by atoms with Crippen LogP contribution in [0, 0.1) is 5.82 Å². The number of nitrogens with zero attached hydrogens (tertiary/aromatic N) is 1. The molecule has 0 saturated heterocycles. The summed E-state index contributed by atoms with van der Waals surface area (Å²) in [6.45, 7) is 0.779. The predicted octanol–water partition coefficient (Wildman–Crippen LogP) is 6.73. The van der Waals surface area contributed by atoms with Crippen LogP contribution in [0.15, 0.2) is 77.6 Å². The molecule has 1 aliphatic rings. The fourth-order valence-electron chi connectivity index (χ4n) is 4.06. The molecule has 0 spiro atoms. The van der Waals surface area contributed by atoms with Gasteiger partial charge in [0.05, 0.1) is 0 Å². The van der Waals surface area contributed by atoms with Crippen LogP contribution < -0.4 is 10.3 Å². The van der Waals surface area contributed by atoms with Crippen molar-refractivity contribution in [3.05, 3.63) is 105 Å². The molecule has 1 aromatic heterocycles. The van der Waals surface area contributed by atoms with E-state index in [4.69, 9.17) is 11.6 Å². The summed E-state index contributed by atoms with van der Waals surface area (Å²) >= 11 is 7.56. The van der Waals surface area contributed by atoms with E-state index in [0.29, 0.717) is 15.1 Å². The first kappa shape index (κ1) is 18.3. The van der Waals surface area contributed by atoms with Crippen molar-refractivity contribution in [2.75, 3.05) is 11.4 Å². The van der Waals surface area contributed by atoms with Gasteiger partial charge in [-0.05, 0) is 54.4 Å². The number of benzene rings is 3. The summed E-state index contributed by atoms with van der Waals surface area (Å²) < 4.78 is 14.6. The first-order chi connectivity index (χ1) is 14.1. The summed E-state index contributed by atoms with van der Waals surface area (Å²) in [5.74, 6) is -0.343. The van der Waals surface area contributed by atoms with Crippen molar-refractivity contribution in [1.29, 1.82) is 0 Å². The highest BCUT2D eigenvalue weighted by Crippen LogP contribution is 2.45. The van der Waals surface area contributed by atoms with Gasteiger partial charge in [0.25, 0.3) is 0 Å². The van der Waals surface area contributed by atoms with Crippen molar-refractivity contribution in [2.45, 2.75) is 12.3 Å². The lowest BCUT2D eigenvalue weighted by atomic mass is 9.86. The number of anilines is 2. The highest BCUT2D eigenvalue weighted by molar-refractivity contribution is 7.22. The number of halogens is 2. The van der Waals surface area contributed by atoms with Crippen molar-refractivity contribution in [1.82, 2.24) is 0 Å². The summed E-state index contributed by atoms with van der Waals surface area (Å²) in [4.78, 5) is 15.7. The molecule has 0 bridgehead atoms. The molecule has 0 saturated carbocycles. The van der Waals surface area contributed by atoms with E-state index < -0.39 is 0 Å². The van der Waals surface area contributed by atoms with Crippen molar-refractivity contribution < 1.29 is 4.39 Å². The molecule has 0 fully saturated rings. The van der Waals surface area contributed by atoms with Crippen LogP contribution in [0.5, 0.6) is 0 Å². The van der Waals surface area contributed by atoms with Crippen LogP contribution >= 0.6 is 22.9 Å². The fourth-order valence-corrected chi connectivity index (χ4v) is 5.49. The lowest BCUT2D eigenvalue weighted by Gasteiger charge is -2.35. The Labute approximate surface area is 176 Å². The van der Waals surface area contributed by atoms with Crippen LogP contribution in [-0.2, 0) is 0 Å². The lowest BCUT2D eigenvalue weighted by Crippen LogP contribution is -2.31. The van der Waals surface area contributed by atoms with Crippen LogP contribution in [-0.4, -0.2) is 6.54 Å². The molecule has 29 heavy (non-hydrogen) atoms. The van der Waals surface area contributed by atoms with E-state index in [-0.39, 0.29) is 17.2 Å². The quantitative estimate of drug-likeness (QED) is 0.357. The monoisotopic (exact) mass is 421 g/mol. The van der Waals surface area contributed by atoms with Gasteiger partial charge in [-0.1, -0.05) is 41.9 Å². The first-order valence-electron chi connectivity index (χ1n) is 9.46. The molecule has 144 valence electrons. The van der Waals surface area contributed by atoms with E-state index >= 15 is 0 Å².